The topological polar surface area (TPSA) is 130 Å². The Hall–Kier alpha value is -4.87. The monoisotopic (exact) mass is 505 g/mol. The van der Waals surface area contributed by atoms with E-state index in [0.29, 0.717) is 33.2 Å². The van der Waals surface area contributed by atoms with E-state index in [1.165, 1.54) is 0 Å². The first-order valence-electron chi connectivity index (χ1n) is 11.4. The van der Waals surface area contributed by atoms with E-state index < -0.39 is 11.9 Å². The van der Waals surface area contributed by atoms with Crippen LogP contribution in [0.5, 0.6) is 0 Å². The average molecular weight is 506 g/mol. The smallest absolute Gasteiger partial charge is 0.274 e. The summed E-state index contributed by atoms with van der Waals surface area (Å²) in [5.41, 5.74) is 10.1. The van der Waals surface area contributed by atoms with Gasteiger partial charge in [0, 0.05) is 22.7 Å². The average Bonchev–Trinajstić information content (AvgIpc) is 2.93. The molecule has 5 rings (SSSR count). The number of nitrogen functional groups attached to an aromatic ring is 1. The number of halogens is 1. The molecule has 1 atom stereocenters. The second-order valence-corrected chi connectivity index (χ2v) is 8.72. The van der Waals surface area contributed by atoms with Crippen molar-refractivity contribution in [3.8, 4) is 28.6 Å². The van der Waals surface area contributed by atoms with Crippen molar-refractivity contribution in [2.45, 2.75) is 13.0 Å². The Morgan fingerprint density at radius 3 is 2.54 bits per heavy atom. The summed E-state index contributed by atoms with van der Waals surface area (Å²) >= 11 is 6.56. The molecule has 0 spiro atoms. The Bertz CT molecular complexity index is 1680. The van der Waals surface area contributed by atoms with Crippen LogP contribution in [0.3, 0.4) is 0 Å². The maximum atomic E-state index is 13.3. The minimum atomic E-state index is -0.518. The number of anilines is 1. The third-order valence-electron chi connectivity index (χ3n) is 5.79. The standard InChI is InChI=1S/C28H20ClN7O/c1-16(22-11-5-10-20(15-30)34-22)33-28(37)26-27(31)36-24(17-7-3-2-4-8-17)25(35-26)19-13-18-9-6-12-32-23(18)21(29)14-19/h2-14,16H,1H3,(H2,31,36)(H,33,37)/t16-/m0/s1. The quantitative estimate of drug-likeness (QED) is 0.329. The lowest BCUT2D eigenvalue weighted by molar-refractivity contribution is 0.0935. The third kappa shape index (κ3) is 4.81. The van der Waals surface area contributed by atoms with Crippen LogP contribution in [0.25, 0.3) is 33.4 Å². The second-order valence-electron chi connectivity index (χ2n) is 8.31. The van der Waals surface area contributed by atoms with E-state index in [-0.39, 0.29) is 17.2 Å². The molecule has 3 N–H and O–H groups in total. The minimum Gasteiger partial charge on any atom is -0.382 e. The van der Waals surface area contributed by atoms with Gasteiger partial charge in [-0.2, -0.15) is 5.26 Å². The Balaban J connectivity index is 1.61. The van der Waals surface area contributed by atoms with Crippen LogP contribution < -0.4 is 11.1 Å². The normalized spacial score (nSPS) is 11.6. The van der Waals surface area contributed by atoms with Gasteiger partial charge in [0.05, 0.1) is 33.7 Å². The SMILES string of the molecule is C[C@H](NC(=O)c1nc(-c2cc(Cl)c3ncccc3c2)c(-c2ccccc2)nc1N)c1cccc(C#N)n1. The molecule has 0 aliphatic heterocycles. The van der Waals surface area contributed by atoms with Crippen molar-refractivity contribution in [3.05, 3.63) is 101 Å². The van der Waals surface area contributed by atoms with Gasteiger partial charge in [0.1, 0.15) is 11.8 Å². The largest absolute Gasteiger partial charge is 0.382 e. The number of carbonyl (C=O) groups excluding carboxylic acids is 1. The predicted octanol–water partition coefficient (Wildman–Crippen LogP) is 5.35. The van der Waals surface area contributed by atoms with E-state index in [4.69, 9.17) is 27.6 Å². The minimum absolute atomic E-state index is 0.0143. The van der Waals surface area contributed by atoms with E-state index in [1.54, 1.807) is 37.4 Å². The zero-order valence-electron chi connectivity index (χ0n) is 19.7. The number of benzene rings is 2. The number of hydrogen-bond acceptors (Lipinski definition) is 7. The molecular formula is C28H20ClN7O. The maximum absolute atomic E-state index is 13.3. The summed E-state index contributed by atoms with van der Waals surface area (Å²) in [4.78, 5) is 31.2. The lowest BCUT2D eigenvalue weighted by Crippen LogP contribution is -2.29. The van der Waals surface area contributed by atoms with Gasteiger partial charge in [-0.3, -0.25) is 9.78 Å². The van der Waals surface area contributed by atoms with Crippen LogP contribution in [-0.4, -0.2) is 25.8 Å². The second kappa shape index (κ2) is 10.0. The first-order chi connectivity index (χ1) is 17.9. The van der Waals surface area contributed by atoms with Crippen LogP contribution in [0.15, 0.2) is 79.0 Å². The Kier molecular flexibility index (Phi) is 6.45. The lowest BCUT2D eigenvalue weighted by Gasteiger charge is -2.16. The molecule has 0 bridgehead atoms. The number of hydrogen-bond donors (Lipinski definition) is 2. The fraction of sp³-hybridized carbons (Fsp3) is 0.0714. The molecule has 9 heteroatoms. The van der Waals surface area contributed by atoms with Crippen molar-refractivity contribution in [2.75, 3.05) is 5.73 Å². The number of rotatable bonds is 5. The van der Waals surface area contributed by atoms with Gasteiger partial charge in [-0.05, 0) is 37.3 Å². The lowest BCUT2D eigenvalue weighted by atomic mass is 10.0. The van der Waals surface area contributed by atoms with Crippen LogP contribution in [0.1, 0.15) is 34.8 Å². The third-order valence-corrected chi connectivity index (χ3v) is 6.08. The van der Waals surface area contributed by atoms with E-state index in [9.17, 15) is 4.79 Å². The van der Waals surface area contributed by atoms with E-state index >= 15 is 0 Å². The zero-order valence-corrected chi connectivity index (χ0v) is 20.4. The predicted molar refractivity (Wildman–Crippen MR) is 142 cm³/mol. The number of fused-ring (bicyclic) bond motifs is 1. The fourth-order valence-corrected chi connectivity index (χ4v) is 4.27. The van der Waals surface area contributed by atoms with Gasteiger partial charge in [0.2, 0.25) is 0 Å². The molecule has 0 radical (unpaired) electrons. The highest BCUT2D eigenvalue weighted by Gasteiger charge is 2.22. The van der Waals surface area contributed by atoms with Crippen LogP contribution >= 0.6 is 11.6 Å². The van der Waals surface area contributed by atoms with E-state index in [0.717, 1.165) is 10.9 Å². The van der Waals surface area contributed by atoms with Gasteiger partial charge in [-0.25, -0.2) is 15.0 Å². The van der Waals surface area contributed by atoms with Crippen LogP contribution in [0, 0.1) is 11.3 Å². The van der Waals surface area contributed by atoms with Crippen molar-refractivity contribution in [3.63, 3.8) is 0 Å². The van der Waals surface area contributed by atoms with Gasteiger partial charge >= 0.3 is 0 Å². The summed E-state index contributed by atoms with van der Waals surface area (Å²) in [6.07, 6.45) is 1.68. The number of nitrogens with one attached hydrogen (secondary N) is 1. The molecule has 3 aromatic heterocycles. The first kappa shape index (κ1) is 23.9. The van der Waals surface area contributed by atoms with Crippen LogP contribution in [-0.2, 0) is 0 Å². The molecule has 0 fully saturated rings. The summed E-state index contributed by atoms with van der Waals surface area (Å²) in [5, 5.41) is 13.3. The molecule has 37 heavy (non-hydrogen) atoms. The summed E-state index contributed by atoms with van der Waals surface area (Å²) in [6.45, 7) is 1.76. The van der Waals surface area contributed by atoms with Gasteiger partial charge in [-0.1, -0.05) is 54.1 Å². The van der Waals surface area contributed by atoms with E-state index in [2.05, 4.69) is 20.3 Å². The highest BCUT2D eigenvalue weighted by Crippen LogP contribution is 2.35. The number of aromatic nitrogens is 4. The Labute approximate surface area is 217 Å². The van der Waals surface area contributed by atoms with Crippen molar-refractivity contribution in [2.24, 2.45) is 0 Å². The number of nitrogens with zero attached hydrogens (tertiary/aromatic N) is 5. The summed E-state index contributed by atoms with van der Waals surface area (Å²) in [5.74, 6) is -0.532. The van der Waals surface area contributed by atoms with Gasteiger partial charge in [0.15, 0.2) is 11.5 Å². The number of nitrogens with two attached hydrogens (primary N) is 1. The van der Waals surface area contributed by atoms with Gasteiger partial charge < -0.3 is 11.1 Å². The molecule has 0 aliphatic rings. The molecule has 0 saturated heterocycles. The van der Waals surface area contributed by atoms with Gasteiger partial charge in [-0.15, -0.1) is 0 Å². The summed E-state index contributed by atoms with van der Waals surface area (Å²) in [6, 6.07) is 23.4. The van der Waals surface area contributed by atoms with Crippen molar-refractivity contribution in [1.82, 2.24) is 25.3 Å². The first-order valence-corrected chi connectivity index (χ1v) is 11.8. The molecule has 1 amide bonds. The summed E-state index contributed by atoms with van der Waals surface area (Å²) < 4.78 is 0. The Morgan fingerprint density at radius 1 is 0.973 bits per heavy atom. The molecule has 0 aliphatic carbocycles. The Morgan fingerprint density at radius 2 is 1.76 bits per heavy atom. The number of amides is 1. The zero-order chi connectivity index (χ0) is 25.9. The highest BCUT2D eigenvalue weighted by atomic mass is 35.5. The number of nitriles is 1. The number of pyridine rings is 2. The molecule has 0 unspecified atom stereocenters. The molecule has 2 aromatic carbocycles. The number of carbonyl (C=O) groups is 1. The molecule has 5 aromatic rings. The maximum Gasteiger partial charge on any atom is 0.274 e. The molecule has 180 valence electrons. The fourth-order valence-electron chi connectivity index (χ4n) is 3.99. The molecular weight excluding hydrogens is 486 g/mol. The molecule has 0 saturated carbocycles. The molecule has 3 heterocycles. The van der Waals surface area contributed by atoms with Crippen molar-refractivity contribution >= 4 is 34.2 Å². The van der Waals surface area contributed by atoms with E-state index in [1.807, 2.05) is 54.6 Å². The summed E-state index contributed by atoms with van der Waals surface area (Å²) in [7, 11) is 0. The highest BCUT2D eigenvalue weighted by molar-refractivity contribution is 6.35. The van der Waals surface area contributed by atoms with Crippen molar-refractivity contribution < 1.29 is 4.79 Å². The van der Waals surface area contributed by atoms with Crippen LogP contribution in [0.4, 0.5) is 5.82 Å². The van der Waals surface area contributed by atoms with Gasteiger partial charge in [0.25, 0.3) is 5.91 Å². The molecule has 8 nitrogen and oxygen atoms in total. The van der Waals surface area contributed by atoms with Crippen molar-refractivity contribution in [1.29, 1.82) is 5.26 Å². The van der Waals surface area contributed by atoms with Crippen LogP contribution in [0.2, 0.25) is 5.02 Å².